The molecule has 0 aliphatic heterocycles. The SMILES string of the molecule is CC(COc1ncc(-c2ccnc3ccccc23)cc1C(F)F)CC(C)(C)N. The van der Waals surface area contributed by atoms with Gasteiger partial charge in [-0.1, -0.05) is 25.1 Å². The Labute approximate surface area is 163 Å². The van der Waals surface area contributed by atoms with Crippen molar-refractivity contribution in [2.24, 2.45) is 11.7 Å². The van der Waals surface area contributed by atoms with Crippen LogP contribution in [-0.2, 0) is 0 Å². The summed E-state index contributed by atoms with van der Waals surface area (Å²) in [5.74, 6) is 0.0925. The van der Waals surface area contributed by atoms with Crippen LogP contribution in [0.1, 0.15) is 39.2 Å². The van der Waals surface area contributed by atoms with E-state index in [1.165, 1.54) is 6.07 Å². The Morgan fingerprint density at radius 1 is 1.14 bits per heavy atom. The summed E-state index contributed by atoms with van der Waals surface area (Å²) in [4.78, 5) is 8.51. The fourth-order valence-electron chi connectivity index (χ4n) is 3.42. The van der Waals surface area contributed by atoms with Gasteiger partial charge < -0.3 is 10.5 Å². The van der Waals surface area contributed by atoms with Crippen LogP contribution in [0.5, 0.6) is 5.88 Å². The van der Waals surface area contributed by atoms with E-state index in [-0.39, 0.29) is 29.5 Å². The lowest BCUT2D eigenvalue weighted by Crippen LogP contribution is -2.35. The molecular weight excluding hydrogens is 360 g/mol. The van der Waals surface area contributed by atoms with Crippen molar-refractivity contribution in [1.29, 1.82) is 0 Å². The number of para-hydroxylation sites is 1. The molecule has 1 atom stereocenters. The van der Waals surface area contributed by atoms with Crippen molar-refractivity contribution in [2.45, 2.75) is 39.2 Å². The lowest BCUT2D eigenvalue weighted by molar-refractivity contribution is 0.140. The van der Waals surface area contributed by atoms with E-state index in [0.29, 0.717) is 5.56 Å². The first-order valence-electron chi connectivity index (χ1n) is 9.28. The van der Waals surface area contributed by atoms with Gasteiger partial charge in [0.1, 0.15) is 0 Å². The van der Waals surface area contributed by atoms with E-state index in [0.717, 1.165) is 22.9 Å². The molecule has 2 aromatic heterocycles. The van der Waals surface area contributed by atoms with Gasteiger partial charge in [-0.25, -0.2) is 13.8 Å². The molecule has 6 heteroatoms. The summed E-state index contributed by atoms with van der Waals surface area (Å²) in [5, 5.41) is 0.888. The van der Waals surface area contributed by atoms with Crippen LogP contribution in [0, 0.1) is 5.92 Å². The highest BCUT2D eigenvalue weighted by atomic mass is 19.3. The number of benzene rings is 1. The average Bonchev–Trinajstić information content (AvgIpc) is 2.64. The number of pyridine rings is 2. The lowest BCUT2D eigenvalue weighted by atomic mass is 9.93. The molecule has 2 heterocycles. The molecule has 1 unspecified atom stereocenters. The van der Waals surface area contributed by atoms with Gasteiger partial charge in [-0.05, 0) is 49.9 Å². The Morgan fingerprint density at radius 2 is 1.89 bits per heavy atom. The van der Waals surface area contributed by atoms with Gasteiger partial charge in [-0.15, -0.1) is 0 Å². The summed E-state index contributed by atoms with van der Waals surface area (Å²) in [6.45, 7) is 6.12. The lowest BCUT2D eigenvalue weighted by Gasteiger charge is -2.23. The van der Waals surface area contributed by atoms with Crippen molar-refractivity contribution in [1.82, 2.24) is 9.97 Å². The van der Waals surface area contributed by atoms with Crippen molar-refractivity contribution in [3.8, 4) is 17.0 Å². The summed E-state index contributed by atoms with van der Waals surface area (Å²) in [5.41, 5.74) is 7.69. The van der Waals surface area contributed by atoms with Crippen molar-refractivity contribution in [2.75, 3.05) is 6.61 Å². The molecular formula is C22H25F2N3O. The van der Waals surface area contributed by atoms with Gasteiger partial charge in [0.25, 0.3) is 6.43 Å². The van der Waals surface area contributed by atoms with Gasteiger partial charge in [0, 0.05) is 28.9 Å². The van der Waals surface area contributed by atoms with Crippen molar-refractivity contribution in [3.63, 3.8) is 0 Å². The second-order valence-electron chi connectivity index (χ2n) is 7.90. The first-order valence-corrected chi connectivity index (χ1v) is 9.28. The molecule has 3 aromatic rings. The van der Waals surface area contributed by atoms with Gasteiger partial charge in [0.2, 0.25) is 5.88 Å². The molecule has 0 radical (unpaired) electrons. The summed E-state index contributed by atoms with van der Waals surface area (Å²) in [6.07, 6.45) is 1.27. The minimum absolute atomic E-state index is 0.0289. The molecule has 0 spiro atoms. The number of aromatic nitrogens is 2. The molecule has 0 saturated heterocycles. The van der Waals surface area contributed by atoms with Crippen LogP contribution in [0.2, 0.25) is 0 Å². The van der Waals surface area contributed by atoms with Gasteiger partial charge in [0.15, 0.2) is 0 Å². The molecule has 0 aliphatic carbocycles. The summed E-state index contributed by atoms with van der Waals surface area (Å²) in [7, 11) is 0. The summed E-state index contributed by atoms with van der Waals surface area (Å²) >= 11 is 0. The van der Waals surface area contributed by atoms with Crippen molar-refractivity contribution in [3.05, 3.63) is 54.4 Å². The minimum Gasteiger partial charge on any atom is -0.477 e. The van der Waals surface area contributed by atoms with E-state index in [2.05, 4.69) is 9.97 Å². The van der Waals surface area contributed by atoms with Crippen LogP contribution in [-0.4, -0.2) is 22.1 Å². The van der Waals surface area contributed by atoms with Crippen LogP contribution < -0.4 is 10.5 Å². The molecule has 28 heavy (non-hydrogen) atoms. The van der Waals surface area contributed by atoms with Crippen LogP contribution in [0.3, 0.4) is 0 Å². The minimum atomic E-state index is -2.68. The molecule has 0 aliphatic rings. The van der Waals surface area contributed by atoms with Crippen LogP contribution in [0.25, 0.3) is 22.0 Å². The number of rotatable bonds is 7. The second-order valence-corrected chi connectivity index (χ2v) is 7.90. The zero-order valence-corrected chi connectivity index (χ0v) is 16.3. The van der Waals surface area contributed by atoms with Crippen molar-refractivity contribution >= 4 is 10.9 Å². The normalized spacial score (nSPS) is 13.1. The highest BCUT2D eigenvalue weighted by molar-refractivity contribution is 5.94. The average molecular weight is 385 g/mol. The molecule has 4 nitrogen and oxygen atoms in total. The number of halogens is 2. The Kier molecular flexibility index (Phi) is 5.89. The maximum atomic E-state index is 13.7. The topological polar surface area (TPSA) is 61.0 Å². The predicted octanol–water partition coefficient (Wildman–Crippen LogP) is 5.38. The number of hydrogen-bond acceptors (Lipinski definition) is 4. The van der Waals surface area contributed by atoms with Gasteiger partial charge >= 0.3 is 0 Å². The maximum absolute atomic E-state index is 13.7. The van der Waals surface area contributed by atoms with Crippen LogP contribution >= 0.6 is 0 Å². The largest absolute Gasteiger partial charge is 0.477 e. The van der Waals surface area contributed by atoms with Gasteiger partial charge in [-0.2, -0.15) is 0 Å². The predicted molar refractivity (Wildman–Crippen MR) is 107 cm³/mol. The molecule has 3 rings (SSSR count). The number of hydrogen-bond donors (Lipinski definition) is 1. The summed E-state index contributed by atoms with van der Waals surface area (Å²) < 4.78 is 33.0. The zero-order chi connectivity index (χ0) is 20.3. The highest BCUT2D eigenvalue weighted by Crippen LogP contribution is 2.34. The molecule has 0 amide bonds. The number of ether oxygens (including phenoxy) is 1. The Bertz CT molecular complexity index is 949. The molecule has 0 bridgehead atoms. The third-order valence-corrected chi connectivity index (χ3v) is 4.45. The Hall–Kier alpha value is -2.60. The first-order chi connectivity index (χ1) is 13.2. The molecule has 2 N–H and O–H groups in total. The van der Waals surface area contributed by atoms with E-state index in [4.69, 9.17) is 10.5 Å². The number of alkyl halides is 2. The third-order valence-electron chi connectivity index (χ3n) is 4.45. The number of nitrogens with zero attached hydrogens (tertiary/aromatic N) is 2. The number of fused-ring (bicyclic) bond motifs is 1. The molecule has 148 valence electrons. The van der Waals surface area contributed by atoms with E-state index in [9.17, 15) is 8.78 Å². The van der Waals surface area contributed by atoms with Crippen LogP contribution in [0.15, 0.2) is 48.8 Å². The smallest absolute Gasteiger partial charge is 0.269 e. The van der Waals surface area contributed by atoms with E-state index < -0.39 is 6.43 Å². The number of nitrogens with two attached hydrogens (primary N) is 1. The van der Waals surface area contributed by atoms with E-state index >= 15 is 0 Å². The Morgan fingerprint density at radius 3 is 2.61 bits per heavy atom. The molecule has 0 saturated carbocycles. The van der Waals surface area contributed by atoms with Gasteiger partial charge in [-0.3, -0.25) is 4.98 Å². The standard InChI is InChI=1S/C22H25F2N3O/c1-14(11-22(2,3)25)13-28-21-18(20(23)24)10-15(12-27-21)16-8-9-26-19-7-5-4-6-17(16)19/h4-10,12,14,20H,11,13,25H2,1-3H3. The van der Waals surface area contributed by atoms with E-state index in [1.54, 1.807) is 18.5 Å². The molecule has 1 aromatic carbocycles. The molecule has 0 fully saturated rings. The van der Waals surface area contributed by atoms with E-state index in [1.807, 2.05) is 45.0 Å². The monoisotopic (exact) mass is 385 g/mol. The zero-order valence-electron chi connectivity index (χ0n) is 16.3. The van der Waals surface area contributed by atoms with Crippen LogP contribution in [0.4, 0.5) is 8.78 Å². The van der Waals surface area contributed by atoms with Gasteiger partial charge in [0.05, 0.1) is 17.7 Å². The highest BCUT2D eigenvalue weighted by Gasteiger charge is 2.20. The second kappa shape index (κ2) is 8.19. The fourth-order valence-corrected chi connectivity index (χ4v) is 3.42. The first kappa shape index (κ1) is 20.1. The Balaban J connectivity index is 1.89. The third kappa shape index (κ3) is 4.81. The van der Waals surface area contributed by atoms with Crippen molar-refractivity contribution < 1.29 is 13.5 Å². The quantitative estimate of drug-likeness (QED) is 0.593. The fraction of sp³-hybridized carbons (Fsp3) is 0.364. The maximum Gasteiger partial charge on any atom is 0.269 e. The summed E-state index contributed by atoms with van der Waals surface area (Å²) in [6, 6.07) is 10.8.